The molecule has 1 aliphatic rings. The average Bonchev–Trinajstić information content (AvgIpc) is 2.38. The van der Waals surface area contributed by atoms with Crippen LogP contribution in [0.5, 0.6) is 0 Å². The van der Waals surface area contributed by atoms with E-state index in [1.165, 1.54) is 6.42 Å². The lowest BCUT2D eigenvalue weighted by Crippen LogP contribution is -2.49. The maximum atomic E-state index is 12.0. The topological polar surface area (TPSA) is 44.1 Å². The summed E-state index contributed by atoms with van der Waals surface area (Å²) in [4.78, 5) is 13.7. The Morgan fingerprint density at radius 3 is 2.53 bits per heavy atom. The second-order valence-electron chi connectivity index (χ2n) is 4.80. The van der Waals surface area contributed by atoms with E-state index >= 15 is 0 Å². The molecule has 1 amide bonds. The summed E-state index contributed by atoms with van der Waals surface area (Å²) in [6.07, 6.45) is 7.10. The zero-order valence-electron chi connectivity index (χ0n) is 10.5. The summed E-state index contributed by atoms with van der Waals surface area (Å²) in [5, 5.41) is 9.37. The Morgan fingerprint density at radius 2 is 2.00 bits per heavy atom. The van der Waals surface area contributed by atoms with E-state index in [0.717, 1.165) is 38.5 Å². The first-order valence-electron chi connectivity index (χ1n) is 6.40. The van der Waals surface area contributed by atoms with Crippen LogP contribution in [0.25, 0.3) is 0 Å². The second-order valence-corrected chi connectivity index (χ2v) is 5.18. The summed E-state index contributed by atoms with van der Waals surface area (Å²) in [5.41, 5.74) is -0.545. The number of alkyl halides is 1. The molecule has 3 nitrogen and oxygen atoms in total. The van der Waals surface area contributed by atoms with Crippen molar-refractivity contribution in [2.75, 3.05) is 12.9 Å². The summed E-state index contributed by atoms with van der Waals surface area (Å²) in [6, 6.07) is 2.37. The highest BCUT2D eigenvalue weighted by atomic mass is 35.5. The highest BCUT2D eigenvalue weighted by Crippen LogP contribution is 2.32. The minimum absolute atomic E-state index is 0.0820. The fourth-order valence-corrected chi connectivity index (χ4v) is 2.62. The maximum absolute atomic E-state index is 12.0. The summed E-state index contributed by atoms with van der Waals surface area (Å²) < 4.78 is 0. The standard InChI is InChI=1S/C13H21ClN2O/c1-16(12(17)7-3-6-10-14)13(11-15)8-4-2-5-9-13/h2-10H2,1H3. The molecular weight excluding hydrogens is 236 g/mol. The molecule has 0 heterocycles. The van der Waals surface area contributed by atoms with E-state index in [1.54, 1.807) is 11.9 Å². The predicted octanol–water partition coefficient (Wildman–Crippen LogP) is 3.08. The zero-order valence-corrected chi connectivity index (χ0v) is 11.3. The number of hydrogen-bond donors (Lipinski definition) is 0. The van der Waals surface area contributed by atoms with Gasteiger partial charge >= 0.3 is 0 Å². The molecule has 17 heavy (non-hydrogen) atoms. The van der Waals surface area contributed by atoms with Gasteiger partial charge in [-0.05, 0) is 25.7 Å². The minimum atomic E-state index is -0.545. The van der Waals surface area contributed by atoms with Gasteiger partial charge in [-0.15, -0.1) is 11.6 Å². The number of carbonyl (C=O) groups is 1. The quantitative estimate of drug-likeness (QED) is 0.561. The van der Waals surface area contributed by atoms with Gasteiger partial charge in [0.1, 0.15) is 5.54 Å². The third-order valence-corrected chi connectivity index (χ3v) is 3.95. The second kappa shape index (κ2) is 6.86. The van der Waals surface area contributed by atoms with Crippen molar-refractivity contribution in [2.24, 2.45) is 0 Å². The highest BCUT2D eigenvalue weighted by Gasteiger charge is 2.38. The van der Waals surface area contributed by atoms with Crippen LogP contribution in [0.2, 0.25) is 0 Å². The minimum Gasteiger partial charge on any atom is -0.327 e. The average molecular weight is 257 g/mol. The molecule has 0 aromatic heterocycles. The number of halogens is 1. The molecular formula is C13H21ClN2O. The Hall–Kier alpha value is -0.750. The van der Waals surface area contributed by atoms with E-state index in [9.17, 15) is 10.1 Å². The van der Waals surface area contributed by atoms with Crippen LogP contribution in [-0.2, 0) is 4.79 Å². The summed E-state index contributed by atoms with van der Waals surface area (Å²) >= 11 is 5.59. The van der Waals surface area contributed by atoms with Crippen molar-refractivity contribution in [3.8, 4) is 6.07 Å². The monoisotopic (exact) mass is 256 g/mol. The van der Waals surface area contributed by atoms with E-state index in [4.69, 9.17) is 11.6 Å². The van der Waals surface area contributed by atoms with Gasteiger partial charge in [-0.25, -0.2) is 0 Å². The third-order valence-electron chi connectivity index (χ3n) is 3.68. The van der Waals surface area contributed by atoms with Crippen LogP contribution in [0, 0.1) is 11.3 Å². The number of rotatable bonds is 5. The molecule has 1 fully saturated rings. The van der Waals surface area contributed by atoms with Crippen molar-refractivity contribution in [3.05, 3.63) is 0 Å². The third kappa shape index (κ3) is 3.61. The van der Waals surface area contributed by atoms with E-state index in [2.05, 4.69) is 6.07 Å². The van der Waals surface area contributed by atoms with Crippen LogP contribution in [0.1, 0.15) is 51.4 Å². The molecule has 1 saturated carbocycles. The molecule has 0 N–H and O–H groups in total. The van der Waals surface area contributed by atoms with Crippen LogP contribution in [0.3, 0.4) is 0 Å². The number of hydrogen-bond acceptors (Lipinski definition) is 2. The molecule has 0 radical (unpaired) electrons. The van der Waals surface area contributed by atoms with Crippen molar-refractivity contribution >= 4 is 17.5 Å². The lowest BCUT2D eigenvalue weighted by Gasteiger charge is -2.39. The van der Waals surface area contributed by atoms with Crippen LogP contribution in [0.4, 0.5) is 0 Å². The molecule has 0 aliphatic heterocycles. The van der Waals surface area contributed by atoms with Crippen molar-refractivity contribution in [1.29, 1.82) is 5.26 Å². The smallest absolute Gasteiger partial charge is 0.223 e. The van der Waals surface area contributed by atoms with Gasteiger partial charge in [0, 0.05) is 19.3 Å². The Balaban J connectivity index is 2.56. The first-order chi connectivity index (χ1) is 8.16. The van der Waals surface area contributed by atoms with E-state index < -0.39 is 5.54 Å². The maximum Gasteiger partial charge on any atom is 0.223 e. The molecule has 1 rings (SSSR count). The zero-order chi connectivity index (χ0) is 12.7. The summed E-state index contributed by atoms with van der Waals surface area (Å²) in [6.45, 7) is 0. The molecule has 96 valence electrons. The van der Waals surface area contributed by atoms with Gasteiger partial charge in [0.2, 0.25) is 5.91 Å². The molecule has 0 atom stereocenters. The Labute approximate surface area is 109 Å². The molecule has 0 bridgehead atoms. The molecule has 1 aliphatic carbocycles. The van der Waals surface area contributed by atoms with Gasteiger partial charge in [0.15, 0.2) is 0 Å². The van der Waals surface area contributed by atoms with Gasteiger partial charge in [-0.2, -0.15) is 5.26 Å². The molecule has 4 heteroatoms. The molecule has 0 aromatic carbocycles. The lowest BCUT2D eigenvalue weighted by atomic mass is 9.81. The predicted molar refractivity (Wildman–Crippen MR) is 68.8 cm³/mol. The van der Waals surface area contributed by atoms with E-state index in [1.807, 2.05) is 0 Å². The van der Waals surface area contributed by atoms with Crippen LogP contribution in [-0.4, -0.2) is 29.3 Å². The Bertz CT molecular complexity index is 292. The SMILES string of the molecule is CN(C(=O)CCCCCl)C1(C#N)CCCCC1. The van der Waals surface area contributed by atoms with Gasteiger partial charge in [0.05, 0.1) is 6.07 Å². The first kappa shape index (κ1) is 14.3. The number of nitriles is 1. The van der Waals surface area contributed by atoms with E-state index in [-0.39, 0.29) is 5.91 Å². The molecule has 0 spiro atoms. The number of nitrogens with zero attached hydrogens (tertiary/aromatic N) is 2. The fourth-order valence-electron chi connectivity index (χ4n) is 2.44. The first-order valence-corrected chi connectivity index (χ1v) is 6.93. The molecule has 0 aromatic rings. The van der Waals surface area contributed by atoms with Crippen molar-refractivity contribution in [1.82, 2.24) is 4.90 Å². The largest absolute Gasteiger partial charge is 0.327 e. The van der Waals surface area contributed by atoms with Gasteiger partial charge in [0.25, 0.3) is 0 Å². The van der Waals surface area contributed by atoms with Gasteiger partial charge in [-0.1, -0.05) is 19.3 Å². The van der Waals surface area contributed by atoms with Crippen LogP contribution in [0.15, 0.2) is 0 Å². The normalized spacial score (nSPS) is 18.4. The van der Waals surface area contributed by atoms with Crippen molar-refractivity contribution in [2.45, 2.75) is 56.9 Å². The number of carbonyl (C=O) groups excluding carboxylic acids is 1. The molecule has 0 saturated heterocycles. The van der Waals surface area contributed by atoms with E-state index in [0.29, 0.717) is 12.3 Å². The van der Waals surface area contributed by atoms with Crippen LogP contribution >= 0.6 is 11.6 Å². The fraction of sp³-hybridized carbons (Fsp3) is 0.846. The molecule has 0 unspecified atom stereocenters. The summed E-state index contributed by atoms with van der Waals surface area (Å²) in [7, 11) is 1.78. The van der Waals surface area contributed by atoms with Gasteiger partial charge < -0.3 is 4.90 Å². The Morgan fingerprint density at radius 1 is 1.35 bits per heavy atom. The Kier molecular flexibility index (Phi) is 5.77. The van der Waals surface area contributed by atoms with Crippen LogP contribution < -0.4 is 0 Å². The summed E-state index contributed by atoms with van der Waals surface area (Å²) in [5.74, 6) is 0.680. The number of amides is 1. The van der Waals surface area contributed by atoms with Crippen molar-refractivity contribution in [3.63, 3.8) is 0 Å². The van der Waals surface area contributed by atoms with Gasteiger partial charge in [-0.3, -0.25) is 4.79 Å². The van der Waals surface area contributed by atoms with Crippen molar-refractivity contribution < 1.29 is 4.79 Å². The number of unbranched alkanes of at least 4 members (excludes halogenated alkanes) is 1. The lowest BCUT2D eigenvalue weighted by molar-refractivity contribution is -0.134. The highest BCUT2D eigenvalue weighted by molar-refractivity contribution is 6.17.